The first-order valence-electron chi connectivity index (χ1n) is 7.37. The highest BCUT2D eigenvalue weighted by Gasteiger charge is 2.30. The van der Waals surface area contributed by atoms with Gasteiger partial charge in [0.2, 0.25) is 0 Å². The lowest BCUT2D eigenvalue weighted by atomic mass is 9.92. The molecule has 0 bridgehead atoms. The molecule has 18 heavy (non-hydrogen) atoms. The third kappa shape index (κ3) is 3.69. The second kappa shape index (κ2) is 6.53. The predicted molar refractivity (Wildman–Crippen MR) is 71.7 cm³/mol. The maximum atomic E-state index is 10.9. The van der Waals surface area contributed by atoms with Gasteiger partial charge in [0.25, 0.3) is 0 Å². The number of aliphatic carboxylic acids is 1. The molecule has 0 amide bonds. The Morgan fingerprint density at radius 2 is 2.00 bits per heavy atom. The number of carbonyl (C=O) groups is 1. The second-order valence-electron chi connectivity index (χ2n) is 5.88. The van der Waals surface area contributed by atoms with Crippen LogP contribution >= 0.6 is 0 Å². The first-order chi connectivity index (χ1) is 8.66. The van der Waals surface area contributed by atoms with Crippen LogP contribution in [-0.2, 0) is 4.79 Å². The quantitative estimate of drug-likeness (QED) is 0.807. The van der Waals surface area contributed by atoms with Crippen LogP contribution < -0.4 is 5.32 Å². The van der Waals surface area contributed by atoms with Gasteiger partial charge in [-0.15, -0.1) is 0 Å². The van der Waals surface area contributed by atoms with E-state index in [-0.39, 0.29) is 12.5 Å². The molecular formula is C14H26N2O2. The van der Waals surface area contributed by atoms with Crippen molar-refractivity contribution in [1.29, 1.82) is 0 Å². The van der Waals surface area contributed by atoms with Gasteiger partial charge in [-0.3, -0.25) is 9.69 Å². The molecular weight excluding hydrogens is 228 g/mol. The Labute approximate surface area is 110 Å². The summed E-state index contributed by atoms with van der Waals surface area (Å²) in [6.07, 6.45) is 8.02. The summed E-state index contributed by atoms with van der Waals surface area (Å²) < 4.78 is 0. The number of hydrogen-bond acceptors (Lipinski definition) is 3. The minimum Gasteiger partial charge on any atom is -0.481 e. The highest BCUT2D eigenvalue weighted by atomic mass is 16.4. The molecule has 0 radical (unpaired) electrons. The maximum absolute atomic E-state index is 10.9. The average Bonchev–Trinajstić information content (AvgIpc) is 2.52. The Balaban J connectivity index is 1.97. The summed E-state index contributed by atoms with van der Waals surface area (Å²) in [7, 11) is 0. The van der Waals surface area contributed by atoms with E-state index in [9.17, 15) is 4.79 Å². The summed E-state index contributed by atoms with van der Waals surface area (Å²) in [5.74, 6) is -0.689. The van der Waals surface area contributed by atoms with Crippen LogP contribution in [-0.4, -0.2) is 47.2 Å². The topological polar surface area (TPSA) is 52.6 Å². The maximum Gasteiger partial charge on any atom is 0.304 e. The first kappa shape index (κ1) is 13.8. The molecule has 4 nitrogen and oxygen atoms in total. The van der Waals surface area contributed by atoms with Crippen molar-refractivity contribution in [2.75, 3.05) is 13.1 Å². The van der Waals surface area contributed by atoms with E-state index in [2.05, 4.69) is 17.1 Å². The van der Waals surface area contributed by atoms with Gasteiger partial charge in [0, 0.05) is 24.7 Å². The van der Waals surface area contributed by atoms with Crippen LogP contribution in [0, 0.1) is 0 Å². The molecule has 2 aliphatic rings. The van der Waals surface area contributed by atoms with E-state index >= 15 is 0 Å². The monoisotopic (exact) mass is 254 g/mol. The van der Waals surface area contributed by atoms with E-state index in [4.69, 9.17) is 5.11 Å². The van der Waals surface area contributed by atoms with Gasteiger partial charge in [-0.2, -0.15) is 0 Å². The van der Waals surface area contributed by atoms with Gasteiger partial charge in [0.15, 0.2) is 0 Å². The summed E-state index contributed by atoms with van der Waals surface area (Å²) in [6.45, 7) is 4.14. The summed E-state index contributed by atoms with van der Waals surface area (Å²) in [4.78, 5) is 13.5. The molecule has 2 fully saturated rings. The predicted octanol–water partition coefficient (Wildman–Crippen LogP) is 1.85. The van der Waals surface area contributed by atoms with Crippen molar-refractivity contribution in [3.8, 4) is 0 Å². The largest absolute Gasteiger partial charge is 0.481 e. The first-order valence-corrected chi connectivity index (χ1v) is 7.37. The van der Waals surface area contributed by atoms with Crippen molar-refractivity contribution >= 4 is 5.97 Å². The molecule has 1 aliphatic carbocycles. The minimum atomic E-state index is -0.689. The number of rotatable bonds is 3. The Hall–Kier alpha value is -0.610. The van der Waals surface area contributed by atoms with Crippen LogP contribution in [0.4, 0.5) is 0 Å². The zero-order valence-electron chi connectivity index (χ0n) is 11.4. The van der Waals surface area contributed by atoms with Gasteiger partial charge in [-0.25, -0.2) is 0 Å². The smallest absolute Gasteiger partial charge is 0.304 e. The fourth-order valence-corrected chi connectivity index (χ4v) is 3.43. The second-order valence-corrected chi connectivity index (χ2v) is 5.88. The zero-order chi connectivity index (χ0) is 13.0. The van der Waals surface area contributed by atoms with Crippen LogP contribution in [0.15, 0.2) is 0 Å². The Bertz CT molecular complexity index is 277. The minimum absolute atomic E-state index is 0.120. The van der Waals surface area contributed by atoms with E-state index in [0.717, 1.165) is 19.5 Å². The van der Waals surface area contributed by atoms with Crippen LogP contribution in [0.25, 0.3) is 0 Å². The van der Waals surface area contributed by atoms with Gasteiger partial charge in [0.05, 0.1) is 6.42 Å². The number of carboxylic acid groups (broad SMARTS) is 1. The van der Waals surface area contributed by atoms with Crippen molar-refractivity contribution in [3.63, 3.8) is 0 Å². The van der Waals surface area contributed by atoms with Gasteiger partial charge in [0.1, 0.15) is 0 Å². The van der Waals surface area contributed by atoms with Crippen molar-refractivity contribution < 1.29 is 9.90 Å². The summed E-state index contributed by atoms with van der Waals surface area (Å²) in [5, 5.41) is 12.4. The van der Waals surface area contributed by atoms with E-state index < -0.39 is 5.97 Å². The molecule has 1 heterocycles. The van der Waals surface area contributed by atoms with Crippen LogP contribution in [0.2, 0.25) is 0 Å². The average molecular weight is 254 g/mol. The zero-order valence-corrected chi connectivity index (χ0v) is 11.4. The molecule has 2 rings (SSSR count). The SMILES string of the molecule is CC1CCNC(CC(=O)O)CN1C1CCCCC1. The third-order valence-electron chi connectivity index (χ3n) is 4.46. The summed E-state index contributed by atoms with van der Waals surface area (Å²) in [6, 6.07) is 1.39. The number of hydrogen-bond donors (Lipinski definition) is 2. The molecule has 0 aromatic heterocycles. The van der Waals surface area contributed by atoms with E-state index in [1.165, 1.54) is 32.1 Å². The van der Waals surface area contributed by atoms with Crippen molar-refractivity contribution in [2.45, 2.75) is 70.0 Å². The van der Waals surface area contributed by atoms with Crippen molar-refractivity contribution in [3.05, 3.63) is 0 Å². The molecule has 0 spiro atoms. The lowest BCUT2D eigenvalue weighted by Crippen LogP contribution is -2.47. The molecule has 104 valence electrons. The third-order valence-corrected chi connectivity index (χ3v) is 4.46. The van der Waals surface area contributed by atoms with Gasteiger partial charge in [-0.1, -0.05) is 19.3 Å². The number of nitrogens with zero attached hydrogens (tertiary/aromatic N) is 1. The van der Waals surface area contributed by atoms with Gasteiger partial charge in [-0.05, 0) is 32.7 Å². The van der Waals surface area contributed by atoms with E-state index in [0.29, 0.717) is 12.1 Å². The molecule has 0 aromatic carbocycles. The highest BCUT2D eigenvalue weighted by molar-refractivity contribution is 5.67. The summed E-state index contributed by atoms with van der Waals surface area (Å²) in [5.41, 5.74) is 0. The van der Waals surface area contributed by atoms with E-state index in [1.807, 2.05) is 0 Å². The fraction of sp³-hybridized carbons (Fsp3) is 0.929. The van der Waals surface area contributed by atoms with Crippen LogP contribution in [0.1, 0.15) is 51.9 Å². The Kier molecular flexibility index (Phi) is 5.01. The van der Waals surface area contributed by atoms with E-state index in [1.54, 1.807) is 0 Å². The molecule has 2 atom stereocenters. The Morgan fingerprint density at radius 3 is 2.67 bits per heavy atom. The van der Waals surface area contributed by atoms with Gasteiger partial charge >= 0.3 is 5.97 Å². The van der Waals surface area contributed by atoms with Crippen molar-refractivity contribution in [1.82, 2.24) is 10.2 Å². The Morgan fingerprint density at radius 1 is 1.28 bits per heavy atom. The van der Waals surface area contributed by atoms with Crippen LogP contribution in [0.5, 0.6) is 0 Å². The molecule has 2 unspecified atom stereocenters. The van der Waals surface area contributed by atoms with Gasteiger partial charge < -0.3 is 10.4 Å². The molecule has 0 aromatic rings. The van der Waals surface area contributed by atoms with Crippen molar-refractivity contribution in [2.24, 2.45) is 0 Å². The fourth-order valence-electron chi connectivity index (χ4n) is 3.43. The lowest BCUT2D eigenvalue weighted by Gasteiger charge is -2.38. The normalized spacial score (nSPS) is 32.1. The summed E-state index contributed by atoms with van der Waals surface area (Å²) >= 11 is 0. The molecule has 4 heteroatoms. The number of carboxylic acids is 1. The lowest BCUT2D eigenvalue weighted by molar-refractivity contribution is -0.137. The molecule has 1 saturated heterocycles. The molecule has 1 saturated carbocycles. The van der Waals surface area contributed by atoms with Crippen LogP contribution in [0.3, 0.4) is 0 Å². The molecule has 2 N–H and O–H groups in total. The number of nitrogens with one attached hydrogen (secondary N) is 1. The highest BCUT2D eigenvalue weighted by Crippen LogP contribution is 2.26. The standard InChI is InChI=1S/C14H26N2O2/c1-11-7-8-15-12(9-14(17)18)10-16(11)13-5-3-2-4-6-13/h11-13,15H,2-10H2,1H3,(H,17,18). The molecule has 1 aliphatic heterocycles.